The zero-order valence-corrected chi connectivity index (χ0v) is 15.9. The minimum absolute atomic E-state index is 0.0324. The van der Waals surface area contributed by atoms with Gasteiger partial charge in [-0.1, -0.05) is 41.9 Å². The fraction of sp³-hybridized carbons (Fsp3) is 0.200. The van der Waals surface area contributed by atoms with Crippen molar-refractivity contribution in [2.75, 3.05) is 0 Å². The van der Waals surface area contributed by atoms with E-state index >= 15 is 0 Å². The van der Waals surface area contributed by atoms with Crippen molar-refractivity contribution in [2.45, 2.75) is 26.0 Å². The fourth-order valence-corrected chi connectivity index (χ4v) is 3.29. The number of halogens is 1. The summed E-state index contributed by atoms with van der Waals surface area (Å²) in [7, 11) is 0. The molecule has 2 aromatic carbocycles. The van der Waals surface area contributed by atoms with Crippen LogP contribution in [0.1, 0.15) is 29.2 Å². The van der Waals surface area contributed by atoms with Crippen molar-refractivity contribution < 1.29 is 9.53 Å². The number of nitrogens with zero attached hydrogens (tertiary/aromatic N) is 1. The molecule has 134 valence electrons. The van der Waals surface area contributed by atoms with Crippen molar-refractivity contribution in [3.05, 3.63) is 81.3 Å². The maximum Gasteiger partial charge on any atom is 0.226 e. The number of ether oxygens (including phenoxy) is 1. The molecule has 1 N–H and O–H groups in total. The summed E-state index contributed by atoms with van der Waals surface area (Å²) in [6, 6.07) is 17.0. The van der Waals surface area contributed by atoms with Crippen LogP contribution >= 0.6 is 22.9 Å². The summed E-state index contributed by atoms with van der Waals surface area (Å²) in [5, 5.41) is 6.40. The first-order valence-corrected chi connectivity index (χ1v) is 9.52. The molecule has 4 nitrogen and oxygen atoms in total. The second-order valence-corrected chi connectivity index (χ2v) is 7.23. The van der Waals surface area contributed by atoms with E-state index in [4.69, 9.17) is 16.3 Å². The summed E-state index contributed by atoms with van der Waals surface area (Å²) in [6.45, 7) is 2.34. The van der Waals surface area contributed by atoms with Crippen LogP contribution in [-0.2, 0) is 17.8 Å². The third kappa shape index (κ3) is 5.31. The number of carbonyl (C=O) groups is 1. The molecule has 1 aromatic heterocycles. The van der Waals surface area contributed by atoms with Gasteiger partial charge in [0.05, 0.1) is 18.2 Å². The number of nitrogens with one attached hydrogen (secondary N) is 1. The molecular formula is C20H19ClN2O2S. The van der Waals surface area contributed by atoms with Crippen LogP contribution in [0.2, 0.25) is 5.02 Å². The molecule has 0 aliphatic carbocycles. The molecule has 0 saturated carbocycles. The van der Waals surface area contributed by atoms with Crippen LogP contribution in [0.15, 0.2) is 60.0 Å². The SMILES string of the molecule is CC(NC(=O)Cc1csc(COc2ccc(Cl)cc2)n1)c1ccccc1. The average molecular weight is 387 g/mol. The minimum Gasteiger partial charge on any atom is -0.486 e. The largest absolute Gasteiger partial charge is 0.486 e. The van der Waals surface area contributed by atoms with E-state index < -0.39 is 0 Å². The molecule has 0 fully saturated rings. The van der Waals surface area contributed by atoms with Crippen molar-refractivity contribution >= 4 is 28.8 Å². The topological polar surface area (TPSA) is 51.2 Å². The van der Waals surface area contributed by atoms with Gasteiger partial charge in [0, 0.05) is 10.4 Å². The Morgan fingerprint density at radius 1 is 1.19 bits per heavy atom. The van der Waals surface area contributed by atoms with E-state index in [2.05, 4.69) is 10.3 Å². The Hall–Kier alpha value is -2.37. The van der Waals surface area contributed by atoms with Crippen LogP contribution in [0.5, 0.6) is 5.75 Å². The Balaban J connectivity index is 1.49. The van der Waals surface area contributed by atoms with Gasteiger partial charge in [0.1, 0.15) is 17.4 Å². The zero-order valence-electron chi connectivity index (χ0n) is 14.3. The zero-order chi connectivity index (χ0) is 18.4. The fourth-order valence-electron chi connectivity index (χ4n) is 2.45. The monoisotopic (exact) mass is 386 g/mol. The number of hydrogen-bond acceptors (Lipinski definition) is 4. The number of benzene rings is 2. The van der Waals surface area contributed by atoms with E-state index in [0.29, 0.717) is 11.6 Å². The summed E-state index contributed by atoms with van der Waals surface area (Å²) in [5.41, 5.74) is 1.83. The molecule has 0 saturated heterocycles. The highest BCUT2D eigenvalue weighted by Crippen LogP contribution is 2.18. The summed E-state index contributed by atoms with van der Waals surface area (Å²) in [4.78, 5) is 16.7. The number of aromatic nitrogens is 1. The number of thiazole rings is 1. The summed E-state index contributed by atoms with van der Waals surface area (Å²) in [6.07, 6.45) is 0.259. The number of rotatable bonds is 7. The van der Waals surface area contributed by atoms with Gasteiger partial charge in [-0.2, -0.15) is 0 Å². The molecule has 26 heavy (non-hydrogen) atoms. The number of amides is 1. The third-order valence-corrected chi connectivity index (χ3v) is 4.92. The lowest BCUT2D eigenvalue weighted by Gasteiger charge is -2.13. The van der Waals surface area contributed by atoms with E-state index in [1.54, 1.807) is 12.1 Å². The van der Waals surface area contributed by atoms with Crippen molar-refractivity contribution in [1.29, 1.82) is 0 Å². The van der Waals surface area contributed by atoms with Crippen molar-refractivity contribution in [3.8, 4) is 5.75 Å². The smallest absolute Gasteiger partial charge is 0.226 e. The highest BCUT2D eigenvalue weighted by molar-refractivity contribution is 7.09. The maximum absolute atomic E-state index is 12.2. The van der Waals surface area contributed by atoms with Gasteiger partial charge in [-0.3, -0.25) is 4.79 Å². The second-order valence-electron chi connectivity index (χ2n) is 5.85. The number of carbonyl (C=O) groups excluding carboxylic acids is 1. The van der Waals surface area contributed by atoms with Crippen LogP contribution in [0.25, 0.3) is 0 Å². The molecule has 1 heterocycles. The summed E-state index contributed by atoms with van der Waals surface area (Å²) >= 11 is 7.34. The maximum atomic E-state index is 12.2. The van der Waals surface area contributed by atoms with Crippen LogP contribution in [0.4, 0.5) is 0 Å². The Morgan fingerprint density at radius 2 is 1.92 bits per heavy atom. The van der Waals surface area contributed by atoms with Crippen molar-refractivity contribution in [3.63, 3.8) is 0 Å². The molecule has 1 atom stereocenters. The standard InChI is InChI=1S/C20H19ClN2O2S/c1-14(15-5-3-2-4-6-15)22-19(24)11-17-13-26-20(23-17)12-25-18-9-7-16(21)8-10-18/h2-10,13-14H,11-12H2,1H3,(H,22,24). The average Bonchev–Trinajstić information content (AvgIpc) is 3.09. The number of hydrogen-bond donors (Lipinski definition) is 1. The highest BCUT2D eigenvalue weighted by Gasteiger charge is 2.12. The molecule has 6 heteroatoms. The first kappa shape index (κ1) is 18.4. The van der Waals surface area contributed by atoms with Crippen molar-refractivity contribution in [1.82, 2.24) is 10.3 Å². The van der Waals surface area contributed by atoms with Crippen LogP contribution in [0.3, 0.4) is 0 Å². The van der Waals surface area contributed by atoms with Gasteiger partial charge in [-0.15, -0.1) is 11.3 Å². The van der Waals surface area contributed by atoms with Gasteiger partial charge in [0.15, 0.2) is 0 Å². The van der Waals surface area contributed by atoms with Crippen LogP contribution < -0.4 is 10.1 Å². The lowest BCUT2D eigenvalue weighted by Crippen LogP contribution is -2.28. The third-order valence-electron chi connectivity index (χ3n) is 3.79. The Bertz CT molecular complexity index is 850. The van der Waals surface area contributed by atoms with E-state index in [-0.39, 0.29) is 18.4 Å². The van der Waals surface area contributed by atoms with Gasteiger partial charge in [-0.25, -0.2) is 4.98 Å². The Labute approximate surface area is 161 Å². The Morgan fingerprint density at radius 3 is 2.65 bits per heavy atom. The molecule has 1 amide bonds. The van der Waals surface area contributed by atoms with E-state index in [1.165, 1.54) is 11.3 Å². The van der Waals surface area contributed by atoms with E-state index in [9.17, 15) is 4.79 Å². The molecule has 0 bridgehead atoms. The van der Waals surface area contributed by atoms with Crippen LogP contribution in [-0.4, -0.2) is 10.9 Å². The minimum atomic E-state index is -0.0446. The summed E-state index contributed by atoms with van der Waals surface area (Å²) < 4.78 is 5.68. The van der Waals surface area contributed by atoms with Gasteiger partial charge in [-0.05, 0) is 36.8 Å². The second kappa shape index (κ2) is 8.83. The molecule has 3 aromatic rings. The predicted molar refractivity (Wildman–Crippen MR) is 105 cm³/mol. The molecule has 3 rings (SSSR count). The van der Waals surface area contributed by atoms with E-state index in [1.807, 2.05) is 54.8 Å². The first-order chi connectivity index (χ1) is 12.6. The predicted octanol–water partition coefficient (Wildman–Crippen LogP) is 4.80. The van der Waals surface area contributed by atoms with Gasteiger partial charge < -0.3 is 10.1 Å². The van der Waals surface area contributed by atoms with Crippen LogP contribution in [0, 0.1) is 0 Å². The molecule has 0 spiro atoms. The molecule has 0 aliphatic rings. The first-order valence-electron chi connectivity index (χ1n) is 8.26. The molecule has 0 aliphatic heterocycles. The van der Waals surface area contributed by atoms with Gasteiger partial charge >= 0.3 is 0 Å². The molecule has 0 radical (unpaired) electrons. The summed E-state index contributed by atoms with van der Waals surface area (Å²) in [5.74, 6) is 0.692. The lowest BCUT2D eigenvalue weighted by atomic mass is 10.1. The lowest BCUT2D eigenvalue weighted by molar-refractivity contribution is -0.121. The highest BCUT2D eigenvalue weighted by atomic mass is 35.5. The normalized spacial score (nSPS) is 11.8. The van der Waals surface area contributed by atoms with Crippen molar-refractivity contribution in [2.24, 2.45) is 0 Å². The molecular weight excluding hydrogens is 368 g/mol. The molecule has 1 unspecified atom stereocenters. The Kier molecular flexibility index (Phi) is 6.26. The quantitative estimate of drug-likeness (QED) is 0.634. The van der Waals surface area contributed by atoms with Gasteiger partial charge in [0.2, 0.25) is 5.91 Å². The van der Waals surface area contributed by atoms with Gasteiger partial charge in [0.25, 0.3) is 0 Å². The van der Waals surface area contributed by atoms with E-state index in [0.717, 1.165) is 22.0 Å².